The van der Waals surface area contributed by atoms with Crippen LogP contribution in [-0.4, -0.2) is 48.9 Å². The fourth-order valence-electron chi connectivity index (χ4n) is 3.55. The number of rotatable bonds is 10. The second-order valence-electron chi connectivity index (χ2n) is 7.49. The van der Waals surface area contributed by atoms with Gasteiger partial charge in [-0.1, -0.05) is 36.8 Å². The van der Waals surface area contributed by atoms with E-state index in [1.807, 2.05) is 36.4 Å². The summed E-state index contributed by atoms with van der Waals surface area (Å²) in [6, 6.07) is 14.8. The molecular formula is C23H31FN2O2. The lowest BCUT2D eigenvalue weighted by Gasteiger charge is -2.28. The van der Waals surface area contributed by atoms with Crippen LogP contribution in [0.25, 0.3) is 0 Å². The number of hydrogen-bond acceptors (Lipinski definition) is 4. The van der Waals surface area contributed by atoms with Gasteiger partial charge in [0.2, 0.25) is 0 Å². The predicted octanol–water partition coefficient (Wildman–Crippen LogP) is 3.38. The zero-order valence-electron chi connectivity index (χ0n) is 16.4. The van der Waals surface area contributed by atoms with Gasteiger partial charge in [0.15, 0.2) is 0 Å². The zero-order chi connectivity index (χ0) is 19.6. The minimum absolute atomic E-state index is 0.145. The van der Waals surface area contributed by atoms with Crippen LogP contribution in [0.5, 0.6) is 5.75 Å². The molecule has 2 aromatic carbocycles. The van der Waals surface area contributed by atoms with Crippen LogP contribution in [0.3, 0.4) is 0 Å². The van der Waals surface area contributed by atoms with Gasteiger partial charge in [0.25, 0.3) is 0 Å². The normalized spacial score (nSPS) is 16.1. The molecule has 2 N–H and O–H groups in total. The van der Waals surface area contributed by atoms with Crippen LogP contribution in [0, 0.1) is 5.82 Å². The molecule has 5 heteroatoms. The Morgan fingerprint density at radius 1 is 1.04 bits per heavy atom. The zero-order valence-corrected chi connectivity index (χ0v) is 16.4. The maximum absolute atomic E-state index is 13.6. The number of nitrogens with zero attached hydrogens (tertiary/aromatic N) is 1. The Labute approximate surface area is 167 Å². The summed E-state index contributed by atoms with van der Waals surface area (Å²) >= 11 is 0. The molecule has 1 fully saturated rings. The number of aliphatic hydroxyl groups excluding tert-OH is 1. The van der Waals surface area contributed by atoms with E-state index in [0.717, 1.165) is 43.1 Å². The molecule has 0 amide bonds. The van der Waals surface area contributed by atoms with Crippen LogP contribution < -0.4 is 10.1 Å². The number of aliphatic hydroxyl groups is 1. The molecule has 3 rings (SSSR count). The lowest BCUT2D eigenvalue weighted by molar-refractivity contribution is 0.0617. The van der Waals surface area contributed by atoms with Gasteiger partial charge in [-0.05, 0) is 68.2 Å². The van der Waals surface area contributed by atoms with Gasteiger partial charge in [0.05, 0.1) is 0 Å². The third kappa shape index (κ3) is 6.89. The Hall–Kier alpha value is -1.95. The van der Waals surface area contributed by atoms with E-state index in [4.69, 9.17) is 4.74 Å². The Kier molecular flexibility index (Phi) is 8.27. The maximum atomic E-state index is 13.6. The van der Waals surface area contributed by atoms with Gasteiger partial charge in [-0.3, -0.25) is 0 Å². The molecule has 1 aliphatic heterocycles. The van der Waals surface area contributed by atoms with Gasteiger partial charge >= 0.3 is 0 Å². The van der Waals surface area contributed by atoms with Crippen molar-refractivity contribution in [2.75, 3.05) is 32.8 Å². The lowest BCUT2D eigenvalue weighted by Crippen LogP contribution is -2.38. The van der Waals surface area contributed by atoms with E-state index in [1.165, 1.54) is 25.3 Å². The summed E-state index contributed by atoms with van der Waals surface area (Å²) in [5, 5.41) is 13.5. The molecule has 1 atom stereocenters. The Morgan fingerprint density at radius 3 is 2.54 bits per heavy atom. The van der Waals surface area contributed by atoms with Gasteiger partial charge in [0.1, 0.15) is 24.3 Å². The van der Waals surface area contributed by atoms with E-state index in [9.17, 15) is 9.50 Å². The highest BCUT2D eigenvalue weighted by Gasteiger charge is 2.15. The molecule has 0 aromatic heterocycles. The molecule has 0 radical (unpaired) electrons. The molecule has 4 nitrogen and oxygen atoms in total. The topological polar surface area (TPSA) is 44.7 Å². The first kappa shape index (κ1) is 20.8. The monoisotopic (exact) mass is 386 g/mol. The minimum atomic E-state index is -0.460. The molecule has 0 spiro atoms. The lowest BCUT2D eigenvalue weighted by atomic mass is 10.1. The van der Waals surface area contributed by atoms with Gasteiger partial charge < -0.3 is 20.1 Å². The molecule has 28 heavy (non-hydrogen) atoms. The van der Waals surface area contributed by atoms with Gasteiger partial charge in [-0.15, -0.1) is 0 Å². The number of piperidine rings is 1. The van der Waals surface area contributed by atoms with Crippen molar-refractivity contribution in [3.8, 4) is 5.75 Å². The number of ether oxygens (including phenoxy) is 1. The quantitative estimate of drug-likeness (QED) is 0.615. The smallest absolute Gasteiger partial charge is 0.126 e. The molecular weight excluding hydrogens is 355 g/mol. The van der Waals surface area contributed by atoms with Crippen molar-refractivity contribution in [2.45, 2.75) is 38.3 Å². The number of nitrogens with one attached hydrogen (secondary N) is 1. The highest BCUT2D eigenvalue weighted by Crippen LogP contribution is 2.14. The summed E-state index contributed by atoms with van der Waals surface area (Å²) in [7, 11) is 0. The highest BCUT2D eigenvalue weighted by molar-refractivity contribution is 5.27. The summed E-state index contributed by atoms with van der Waals surface area (Å²) in [5.41, 5.74) is 1.89. The fourth-order valence-corrected chi connectivity index (χ4v) is 3.55. The van der Waals surface area contributed by atoms with E-state index in [1.54, 1.807) is 6.07 Å². The molecule has 1 aliphatic rings. The summed E-state index contributed by atoms with van der Waals surface area (Å²) in [5.74, 6) is 0.626. The third-order valence-corrected chi connectivity index (χ3v) is 5.14. The van der Waals surface area contributed by atoms with Crippen molar-refractivity contribution >= 4 is 0 Å². The molecule has 0 saturated carbocycles. The molecule has 0 unspecified atom stereocenters. The first-order chi connectivity index (χ1) is 13.7. The summed E-state index contributed by atoms with van der Waals surface area (Å²) in [4.78, 5) is 2.31. The van der Waals surface area contributed by atoms with E-state index in [2.05, 4.69) is 10.2 Å². The van der Waals surface area contributed by atoms with Crippen molar-refractivity contribution in [3.05, 3.63) is 65.5 Å². The summed E-state index contributed by atoms with van der Waals surface area (Å²) < 4.78 is 19.3. The fraction of sp³-hybridized carbons (Fsp3) is 0.478. The van der Waals surface area contributed by atoms with E-state index in [0.29, 0.717) is 19.6 Å². The Bertz CT molecular complexity index is 702. The maximum Gasteiger partial charge on any atom is 0.126 e. The molecule has 1 heterocycles. The predicted molar refractivity (Wildman–Crippen MR) is 110 cm³/mol. The molecule has 0 bridgehead atoms. The number of β-amino-alcohol motifs (C(OH)–C–C–N with tert-alkyl or cyclic N) is 1. The highest BCUT2D eigenvalue weighted by atomic mass is 19.1. The van der Waals surface area contributed by atoms with Crippen LogP contribution in [0.4, 0.5) is 4.39 Å². The number of hydrogen-bond donors (Lipinski definition) is 2. The van der Waals surface area contributed by atoms with Crippen molar-refractivity contribution < 1.29 is 14.2 Å². The number of benzene rings is 2. The van der Waals surface area contributed by atoms with E-state index in [-0.39, 0.29) is 5.82 Å². The Morgan fingerprint density at radius 2 is 1.79 bits per heavy atom. The molecule has 1 saturated heterocycles. The van der Waals surface area contributed by atoms with Gasteiger partial charge in [-0.2, -0.15) is 0 Å². The van der Waals surface area contributed by atoms with Crippen molar-refractivity contribution in [3.63, 3.8) is 0 Å². The van der Waals surface area contributed by atoms with Crippen molar-refractivity contribution in [1.82, 2.24) is 10.2 Å². The minimum Gasteiger partial charge on any atom is -0.491 e. The van der Waals surface area contributed by atoms with Crippen LogP contribution in [0.15, 0.2) is 48.5 Å². The Balaban J connectivity index is 1.33. The van der Waals surface area contributed by atoms with E-state index >= 15 is 0 Å². The number of halogens is 1. The third-order valence-electron chi connectivity index (χ3n) is 5.14. The second-order valence-corrected chi connectivity index (χ2v) is 7.49. The molecule has 2 aromatic rings. The first-order valence-corrected chi connectivity index (χ1v) is 10.3. The molecule has 0 aliphatic carbocycles. The average Bonchev–Trinajstić information content (AvgIpc) is 2.72. The standard InChI is InChI=1S/C23H31FN2O2/c24-23-7-3-2-6-20(23)12-13-25-16-19-8-10-22(11-9-19)28-18-21(27)17-26-14-4-1-5-15-26/h2-3,6-11,21,25,27H,1,4-5,12-18H2/t21-/m0/s1. The SMILES string of the molecule is O[C@H](COc1ccc(CNCCc2ccccc2F)cc1)CN1CCCCC1. The average molecular weight is 387 g/mol. The van der Waals surface area contributed by atoms with Crippen LogP contribution in [0.1, 0.15) is 30.4 Å². The number of likely N-dealkylation sites (tertiary alicyclic amines) is 1. The summed E-state index contributed by atoms with van der Waals surface area (Å²) in [6.45, 7) is 4.61. The molecule has 152 valence electrons. The van der Waals surface area contributed by atoms with Crippen LogP contribution in [-0.2, 0) is 13.0 Å². The van der Waals surface area contributed by atoms with Crippen molar-refractivity contribution in [2.24, 2.45) is 0 Å². The van der Waals surface area contributed by atoms with Gasteiger partial charge in [-0.25, -0.2) is 4.39 Å². The first-order valence-electron chi connectivity index (χ1n) is 10.3. The van der Waals surface area contributed by atoms with Crippen LogP contribution >= 0.6 is 0 Å². The van der Waals surface area contributed by atoms with Gasteiger partial charge in [0, 0.05) is 13.1 Å². The van der Waals surface area contributed by atoms with E-state index < -0.39 is 6.10 Å². The van der Waals surface area contributed by atoms with Crippen molar-refractivity contribution in [1.29, 1.82) is 0 Å². The second kappa shape index (κ2) is 11.1. The van der Waals surface area contributed by atoms with Crippen LogP contribution in [0.2, 0.25) is 0 Å². The summed E-state index contributed by atoms with van der Waals surface area (Å²) in [6.07, 6.45) is 3.96. The largest absolute Gasteiger partial charge is 0.491 e.